The van der Waals surface area contributed by atoms with Crippen LogP contribution in [0.15, 0.2) is 12.4 Å². The van der Waals surface area contributed by atoms with Crippen LogP contribution in [0.2, 0.25) is 0 Å². The maximum atomic E-state index is 12.2. The van der Waals surface area contributed by atoms with E-state index >= 15 is 0 Å². The molecular formula is C14H20N4O3S. The second-order valence-electron chi connectivity index (χ2n) is 5.39. The largest absolute Gasteiger partial charge is 0.368 e. The molecule has 2 aliphatic heterocycles. The number of ether oxygens (including phenoxy) is 1. The van der Waals surface area contributed by atoms with Crippen LogP contribution in [0.25, 0.3) is 0 Å². The first kappa shape index (κ1) is 15.4. The van der Waals surface area contributed by atoms with E-state index in [-0.39, 0.29) is 30.5 Å². The van der Waals surface area contributed by atoms with Gasteiger partial charge in [-0.15, -0.1) is 11.8 Å². The van der Waals surface area contributed by atoms with Crippen molar-refractivity contribution in [2.45, 2.75) is 32.0 Å². The van der Waals surface area contributed by atoms with Gasteiger partial charge in [-0.1, -0.05) is 0 Å². The van der Waals surface area contributed by atoms with Gasteiger partial charge in [0.25, 0.3) is 0 Å². The molecule has 22 heavy (non-hydrogen) atoms. The summed E-state index contributed by atoms with van der Waals surface area (Å²) >= 11 is 1.54. The third kappa shape index (κ3) is 3.12. The van der Waals surface area contributed by atoms with E-state index in [1.807, 2.05) is 17.7 Å². The number of amides is 2. The Balaban J connectivity index is 1.61. The number of aromatic nitrogens is 2. The zero-order valence-corrected chi connectivity index (χ0v) is 13.3. The van der Waals surface area contributed by atoms with Crippen LogP contribution in [-0.2, 0) is 20.9 Å². The maximum absolute atomic E-state index is 12.2. The third-order valence-electron chi connectivity index (χ3n) is 3.94. The Morgan fingerprint density at radius 2 is 2.45 bits per heavy atom. The lowest BCUT2D eigenvalue weighted by Gasteiger charge is -2.22. The average Bonchev–Trinajstić information content (AvgIpc) is 3.20. The molecule has 2 aliphatic rings. The number of imidazole rings is 1. The minimum absolute atomic E-state index is 0.0286. The van der Waals surface area contributed by atoms with E-state index in [1.54, 1.807) is 11.1 Å². The Hall–Kier alpha value is -1.54. The van der Waals surface area contributed by atoms with Crippen LogP contribution in [0, 0.1) is 0 Å². The van der Waals surface area contributed by atoms with Crippen molar-refractivity contribution in [1.29, 1.82) is 0 Å². The van der Waals surface area contributed by atoms with Gasteiger partial charge in [0.2, 0.25) is 11.8 Å². The number of aryl methyl sites for hydroxylation is 1. The van der Waals surface area contributed by atoms with Crippen molar-refractivity contribution < 1.29 is 14.3 Å². The second kappa shape index (κ2) is 6.70. The highest BCUT2D eigenvalue weighted by molar-refractivity contribution is 8.00. The summed E-state index contributed by atoms with van der Waals surface area (Å²) in [6, 6.07) is -0.0921. The van der Waals surface area contributed by atoms with Crippen molar-refractivity contribution in [1.82, 2.24) is 19.8 Å². The molecule has 0 aromatic carbocycles. The van der Waals surface area contributed by atoms with Gasteiger partial charge in [-0.3, -0.25) is 9.59 Å². The first-order valence-corrected chi connectivity index (χ1v) is 8.62. The molecule has 3 rings (SSSR count). The fraction of sp³-hybridized carbons (Fsp3) is 0.643. The van der Waals surface area contributed by atoms with Gasteiger partial charge in [0, 0.05) is 25.5 Å². The predicted octanol–water partition coefficient (Wildman–Crippen LogP) is 0.382. The summed E-state index contributed by atoms with van der Waals surface area (Å²) in [6.45, 7) is 3.59. The highest BCUT2D eigenvalue weighted by Gasteiger charge is 2.34. The lowest BCUT2D eigenvalue weighted by atomic mass is 10.1. The molecule has 120 valence electrons. The Bertz CT molecular complexity index is 562. The lowest BCUT2D eigenvalue weighted by molar-refractivity contribution is -0.132. The number of hydrogen-bond donors (Lipinski definition) is 1. The molecule has 0 unspecified atom stereocenters. The fourth-order valence-corrected chi connectivity index (χ4v) is 3.71. The molecule has 2 atom stereocenters. The quantitative estimate of drug-likeness (QED) is 0.847. The Labute approximate surface area is 133 Å². The number of nitrogens with zero attached hydrogens (tertiary/aromatic N) is 3. The van der Waals surface area contributed by atoms with Gasteiger partial charge in [-0.25, -0.2) is 4.98 Å². The minimum Gasteiger partial charge on any atom is -0.368 e. The minimum atomic E-state index is -0.220. The van der Waals surface area contributed by atoms with E-state index in [1.165, 1.54) is 11.8 Å². The molecule has 2 saturated heterocycles. The van der Waals surface area contributed by atoms with Crippen molar-refractivity contribution in [3.63, 3.8) is 0 Å². The first-order chi connectivity index (χ1) is 10.7. The zero-order chi connectivity index (χ0) is 15.5. The third-order valence-corrected chi connectivity index (χ3v) is 4.89. The van der Waals surface area contributed by atoms with E-state index in [9.17, 15) is 9.59 Å². The number of carbonyl (C=O) groups excluding carboxylic acids is 2. The van der Waals surface area contributed by atoms with Crippen LogP contribution in [0.4, 0.5) is 0 Å². The highest BCUT2D eigenvalue weighted by Crippen LogP contribution is 2.28. The number of thioether (sulfide) groups is 1. The molecular weight excluding hydrogens is 304 g/mol. The summed E-state index contributed by atoms with van der Waals surface area (Å²) in [7, 11) is 0. The van der Waals surface area contributed by atoms with Crippen LogP contribution < -0.4 is 5.32 Å². The maximum Gasteiger partial charge on any atom is 0.239 e. The molecule has 2 amide bonds. The summed E-state index contributed by atoms with van der Waals surface area (Å²) in [6.07, 6.45) is 4.20. The molecule has 3 heterocycles. The molecule has 1 N–H and O–H groups in total. The lowest BCUT2D eigenvalue weighted by Crippen LogP contribution is -2.44. The summed E-state index contributed by atoms with van der Waals surface area (Å²) < 4.78 is 7.79. The van der Waals surface area contributed by atoms with Gasteiger partial charge in [0.1, 0.15) is 18.5 Å². The normalized spacial score (nSPS) is 25.0. The van der Waals surface area contributed by atoms with Crippen LogP contribution in [0.5, 0.6) is 0 Å². The molecule has 0 saturated carbocycles. The van der Waals surface area contributed by atoms with E-state index in [0.717, 1.165) is 18.8 Å². The molecule has 8 heteroatoms. The van der Waals surface area contributed by atoms with Crippen LogP contribution in [-0.4, -0.2) is 57.1 Å². The molecule has 7 nitrogen and oxygen atoms in total. The molecule has 0 radical (unpaired) electrons. The SMILES string of the molecule is CCn1ccnc1[C@H]1OCC[C@@H]1NC(=O)CN1CSCC1=O. The van der Waals surface area contributed by atoms with E-state index in [0.29, 0.717) is 18.2 Å². The van der Waals surface area contributed by atoms with E-state index in [2.05, 4.69) is 10.3 Å². The standard InChI is InChI=1S/C14H20N4O3S/c1-2-17-5-4-15-14(17)13-10(3-6-21-13)16-11(19)7-18-9-22-8-12(18)20/h4-5,10,13H,2-3,6-9H2,1H3,(H,16,19)/t10-,13-/m0/s1. The van der Waals surface area contributed by atoms with E-state index < -0.39 is 0 Å². The second-order valence-corrected chi connectivity index (χ2v) is 6.35. The van der Waals surface area contributed by atoms with Crippen LogP contribution in [0.1, 0.15) is 25.3 Å². The Morgan fingerprint density at radius 1 is 1.59 bits per heavy atom. The molecule has 2 fully saturated rings. The molecule has 0 spiro atoms. The van der Waals surface area contributed by atoms with Crippen molar-refractivity contribution >= 4 is 23.6 Å². The number of rotatable bonds is 5. The number of hydrogen-bond acceptors (Lipinski definition) is 5. The van der Waals surface area contributed by atoms with Gasteiger partial charge < -0.3 is 19.5 Å². The van der Waals surface area contributed by atoms with Crippen molar-refractivity contribution in [2.75, 3.05) is 24.8 Å². The molecule has 1 aromatic rings. The summed E-state index contributed by atoms with van der Waals surface area (Å²) in [4.78, 5) is 29.7. The first-order valence-electron chi connectivity index (χ1n) is 7.46. The average molecular weight is 324 g/mol. The van der Waals surface area contributed by atoms with Gasteiger partial charge in [-0.2, -0.15) is 0 Å². The highest BCUT2D eigenvalue weighted by atomic mass is 32.2. The van der Waals surface area contributed by atoms with Gasteiger partial charge in [0.05, 0.1) is 17.7 Å². The van der Waals surface area contributed by atoms with Crippen molar-refractivity contribution in [3.05, 3.63) is 18.2 Å². The topological polar surface area (TPSA) is 76.5 Å². The van der Waals surface area contributed by atoms with Crippen molar-refractivity contribution in [2.24, 2.45) is 0 Å². The van der Waals surface area contributed by atoms with E-state index in [4.69, 9.17) is 4.74 Å². The molecule has 1 aromatic heterocycles. The molecule has 0 bridgehead atoms. The monoisotopic (exact) mass is 324 g/mol. The number of nitrogens with one attached hydrogen (secondary N) is 1. The predicted molar refractivity (Wildman–Crippen MR) is 82.2 cm³/mol. The summed E-state index contributed by atoms with van der Waals surface area (Å²) in [5, 5.41) is 3.00. The van der Waals surface area contributed by atoms with Gasteiger partial charge in [-0.05, 0) is 13.3 Å². The zero-order valence-electron chi connectivity index (χ0n) is 12.5. The van der Waals surface area contributed by atoms with Crippen molar-refractivity contribution in [3.8, 4) is 0 Å². The molecule has 0 aliphatic carbocycles. The van der Waals surface area contributed by atoms with Gasteiger partial charge >= 0.3 is 0 Å². The Morgan fingerprint density at radius 3 is 3.18 bits per heavy atom. The fourth-order valence-electron chi connectivity index (χ4n) is 2.80. The van der Waals surface area contributed by atoms with Crippen LogP contribution >= 0.6 is 11.8 Å². The summed E-state index contributed by atoms with van der Waals surface area (Å²) in [5.74, 6) is 1.80. The smallest absolute Gasteiger partial charge is 0.239 e. The summed E-state index contributed by atoms with van der Waals surface area (Å²) in [5.41, 5.74) is 0. The van der Waals surface area contributed by atoms with Gasteiger partial charge in [0.15, 0.2) is 0 Å². The van der Waals surface area contributed by atoms with Crippen LogP contribution in [0.3, 0.4) is 0 Å². The Kier molecular flexibility index (Phi) is 4.68. The number of carbonyl (C=O) groups is 2.